The second-order valence-corrected chi connectivity index (χ2v) is 7.20. The standard InChI is InChI=1S/C20H21N5/c1-23-10-16-12-25(13-17(16)11-23)20-6-4-18(21-22-20)14-3-5-19-15(9-14)7-8-24(19)2/h3-10,17H,11-13H2,1-2H3. The molecular formula is C20H21N5. The van der Waals surface area contributed by atoms with Gasteiger partial charge in [0.25, 0.3) is 0 Å². The van der Waals surface area contributed by atoms with Crippen LogP contribution in [0.15, 0.2) is 54.4 Å². The van der Waals surface area contributed by atoms with Gasteiger partial charge in [0, 0.05) is 68.5 Å². The molecule has 126 valence electrons. The fourth-order valence-electron chi connectivity index (χ4n) is 4.07. The summed E-state index contributed by atoms with van der Waals surface area (Å²) in [5.41, 5.74) is 4.78. The van der Waals surface area contributed by atoms with Gasteiger partial charge in [-0.15, -0.1) is 10.2 Å². The van der Waals surface area contributed by atoms with Crippen LogP contribution in [0.1, 0.15) is 0 Å². The van der Waals surface area contributed by atoms with Crippen molar-refractivity contribution in [3.8, 4) is 11.3 Å². The first-order chi connectivity index (χ1) is 12.2. The van der Waals surface area contributed by atoms with Gasteiger partial charge in [0.1, 0.15) is 0 Å². The normalized spacial score (nSPS) is 19.6. The maximum absolute atomic E-state index is 4.50. The molecule has 25 heavy (non-hydrogen) atoms. The van der Waals surface area contributed by atoms with E-state index in [9.17, 15) is 0 Å². The number of aryl methyl sites for hydroxylation is 1. The zero-order valence-corrected chi connectivity index (χ0v) is 14.6. The van der Waals surface area contributed by atoms with Crippen LogP contribution in [0.3, 0.4) is 0 Å². The number of benzene rings is 1. The molecular weight excluding hydrogens is 310 g/mol. The van der Waals surface area contributed by atoms with E-state index < -0.39 is 0 Å². The molecule has 2 aliphatic rings. The first kappa shape index (κ1) is 14.5. The van der Waals surface area contributed by atoms with Crippen molar-refractivity contribution in [3.63, 3.8) is 0 Å². The molecule has 5 nitrogen and oxygen atoms in total. The number of fused-ring (bicyclic) bond motifs is 2. The molecule has 2 aromatic heterocycles. The Kier molecular flexibility index (Phi) is 3.10. The second-order valence-electron chi connectivity index (χ2n) is 7.20. The van der Waals surface area contributed by atoms with Crippen molar-refractivity contribution < 1.29 is 0 Å². The number of hydrogen-bond donors (Lipinski definition) is 0. The van der Waals surface area contributed by atoms with Gasteiger partial charge in [0.15, 0.2) is 5.82 Å². The van der Waals surface area contributed by atoms with E-state index in [2.05, 4.69) is 87.5 Å². The highest BCUT2D eigenvalue weighted by Gasteiger charge is 2.32. The zero-order chi connectivity index (χ0) is 17.0. The third-order valence-corrected chi connectivity index (χ3v) is 5.39. The average molecular weight is 331 g/mol. The van der Waals surface area contributed by atoms with Gasteiger partial charge in [-0.1, -0.05) is 6.07 Å². The first-order valence-corrected chi connectivity index (χ1v) is 8.72. The van der Waals surface area contributed by atoms with Gasteiger partial charge in [-0.3, -0.25) is 0 Å². The van der Waals surface area contributed by atoms with Crippen LogP contribution in [-0.4, -0.2) is 46.3 Å². The van der Waals surface area contributed by atoms with Gasteiger partial charge in [0.05, 0.1) is 5.69 Å². The highest BCUT2D eigenvalue weighted by atomic mass is 15.3. The Balaban J connectivity index is 1.40. The number of hydrogen-bond acceptors (Lipinski definition) is 4. The molecule has 2 aliphatic heterocycles. The molecule has 0 bridgehead atoms. The fourth-order valence-corrected chi connectivity index (χ4v) is 4.07. The quantitative estimate of drug-likeness (QED) is 0.724. The number of aromatic nitrogens is 3. The number of anilines is 1. The first-order valence-electron chi connectivity index (χ1n) is 8.72. The maximum atomic E-state index is 4.50. The van der Waals surface area contributed by atoms with Crippen molar-refractivity contribution in [1.29, 1.82) is 0 Å². The SMILES string of the molecule is CN1C=C2CN(c3ccc(-c4ccc5c(ccn5C)c4)nn3)CC2C1. The molecule has 0 aliphatic carbocycles. The van der Waals surface area contributed by atoms with E-state index >= 15 is 0 Å². The lowest BCUT2D eigenvalue weighted by molar-refractivity contribution is 0.442. The molecule has 0 spiro atoms. The van der Waals surface area contributed by atoms with Crippen LogP contribution in [0, 0.1) is 5.92 Å². The van der Waals surface area contributed by atoms with Crippen molar-refractivity contribution in [2.24, 2.45) is 13.0 Å². The number of nitrogens with zero attached hydrogens (tertiary/aromatic N) is 5. The van der Waals surface area contributed by atoms with Crippen LogP contribution < -0.4 is 4.90 Å². The van der Waals surface area contributed by atoms with E-state index in [1.54, 1.807) is 0 Å². The van der Waals surface area contributed by atoms with Gasteiger partial charge in [-0.2, -0.15) is 0 Å². The third-order valence-electron chi connectivity index (χ3n) is 5.39. The van der Waals surface area contributed by atoms with Gasteiger partial charge in [0.2, 0.25) is 0 Å². The highest BCUT2D eigenvalue weighted by molar-refractivity contribution is 5.85. The molecule has 3 aromatic rings. The molecule has 1 fully saturated rings. The molecule has 5 rings (SSSR count). The lowest BCUT2D eigenvalue weighted by Crippen LogP contribution is -2.25. The lowest BCUT2D eigenvalue weighted by Gasteiger charge is -2.18. The average Bonchev–Trinajstić information content (AvgIpc) is 3.28. The summed E-state index contributed by atoms with van der Waals surface area (Å²) in [4.78, 5) is 4.62. The van der Waals surface area contributed by atoms with Gasteiger partial charge < -0.3 is 14.4 Å². The Morgan fingerprint density at radius 1 is 1.00 bits per heavy atom. The maximum Gasteiger partial charge on any atom is 0.151 e. The fraction of sp³-hybridized carbons (Fsp3) is 0.300. The predicted molar refractivity (Wildman–Crippen MR) is 100 cm³/mol. The topological polar surface area (TPSA) is 37.2 Å². The molecule has 0 N–H and O–H groups in total. The Morgan fingerprint density at radius 3 is 2.72 bits per heavy atom. The van der Waals surface area contributed by atoms with E-state index in [1.807, 2.05) is 0 Å². The van der Waals surface area contributed by atoms with Gasteiger partial charge in [-0.25, -0.2) is 0 Å². The second kappa shape index (κ2) is 5.34. The van der Waals surface area contributed by atoms with Crippen molar-refractivity contribution in [1.82, 2.24) is 19.7 Å². The Morgan fingerprint density at radius 2 is 1.92 bits per heavy atom. The van der Waals surface area contributed by atoms with Crippen LogP contribution >= 0.6 is 0 Å². The Hall–Kier alpha value is -2.82. The summed E-state index contributed by atoms with van der Waals surface area (Å²) >= 11 is 0. The molecule has 1 atom stereocenters. The summed E-state index contributed by atoms with van der Waals surface area (Å²) in [5.74, 6) is 1.62. The molecule has 0 amide bonds. The van der Waals surface area contributed by atoms with Crippen molar-refractivity contribution in [3.05, 3.63) is 54.4 Å². The minimum atomic E-state index is 0.645. The summed E-state index contributed by atoms with van der Waals surface area (Å²) in [6, 6.07) is 12.8. The summed E-state index contributed by atoms with van der Waals surface area (Å²) in [7, 11) is 4.21. The van der Waals surface area contributed by atoms with Crippen molar-refractivity contribution in [2.75, 3.05) is 31.6 Å². The Bertz CT molecular complexity index is 969. The van der Waals surface area contributed by atoms with Crippen LogP contribution in [-0.2, 0) is 7.05 Å². The molecule has 0 radical (unpaired) electrons. The molecule has 1 unspecified atom stereocenters. The molecule has 4 heterocycles. The summed E-state index contributed by atoms with van der Waals surface area (Å²) in [5, 5.41) is 10.2. The van der Waals surface area contributed by atoms with E-state index in [4.69, 9.17) is 0 Å². The van der Waals surface area contributed by atoms with E-state index in [0.29, 0.717) is 5.92 Å². The predicted octanol–water partition coefficient (Wildman–Crippen LogP) is 2.90. The summed E-state index contributed by atoms with van der Waals surface area (Å²) in [6.07, 6.45) is 4.36. The lowest BCUT2D eigenvalue weighted by atomic mass is 10.1. The monoisotopic (exact) mass is 331 g/mol. The van der Waals surface area contributed by atoms with Crippen LogP contribution in [0.2, 0.25) is 0 Å². The van der Waals surface area contributed by atoms with E-state index in [-0.39, 0.29) is 0 Å². The van der Waals surface area contributed by atoms with Crippen LogP contribution in [0.5, 0.6) is 0 Å². The summed E-state index contributed by atoms with van der Waals surface area (Å²) in [6.45, 7) is 3.13. The molecule has 1 aromatic carbocycles. The van der Waals surface area contributed by atoms with Crippen LogP contribution in [0.4, 0.5) is 5.82 Å². The third kappa shape index (κ3) is 2.38. The molecule has 0 saturated carbocycles. The van der Waals surface area contributed by atoms with E-state index in [1.165, 1.54) is 16.5 Å². The highest BCUT2D eigenvalue weighted by Crippen LogP contribution is 2.31. The van der Waals surface area contributed by atoms with Crippen LogP contribution in [0.25, 0.3) is 22.2 Å². The largest absolute Gasteiger partial charge is 0.380 e. The summed E-state index contributed by atoms with van der Waals surface area (Å²) < 4.78 is 2.13. The molecule has 1 saturated heterocycles. The van der Waals surface area contributed by atoms with Gasteiger partial charge in [-0.05, 0) is 35.9 Å². The zero-order valence-electron chi connectivity index (χ0n) is 14.6. The Labute approximate surface area is 147 Å². The number of rotatable bonds is 2. The smallest absolute Gasteiger partial charge is 0.151 e. The minimum absolute atomic E-state index is 0.645. The minimum Gasteiger partial charge on any atom is -0.380 e. The van der Waals surface area contributed by atoms with Gasteiger partial charge >= 0.3 is 0 Å². The van der Waals surface area contributed by atoms with Crippen molar-refractivity contribution in [2.45, 2.75) is 0 Å². The van der Waals surface area contributed by atoms with E-state index in [0.717, 1.165) is 36.7 Å². The molecule has 5 heteroatoms. The van der Waals surface area contributed by atoms with Crippen molar-refractivity contribution >= 4 is 16.7 Å².